The molecule has 390 valence electrons. The molecule has 1 unspecified atom stereocenters. The zero-order chi connectivity index (χ0) is 51.1. The number of likely N-dealkylation sites (N-methyl/N-ethyl adjacent to an activating group) is 1. The Balaban J connectivity index is 0.977. The van der Waals surface area contributed by atoms with Gasteiger partial charge in [0.2, 0.25) is 5.91 Å². The highest BCUT2D eigenvalue weighted by Crippen LogP contribution is 2.57. The van der Waals surface area contributed by atoms with Crippen molar-refractivity contribution in [2.75, 3.05) is 78.0 Å². The van der Waals surface area contributed by atoms with Gasteiger partial charge in [-0.15, -0.1) is 0 Å². The Morgan fingerprint density at radius 2 is 1.81 bits per heavy atom. The number of urea groups is 1. The number of carbonyl (C=O) groups excluding carboxylic acids is 4. The molecule has 7 aliphatic rings. The quantitative estimate of drug-likeness (QED) is 0.200. The number of aromatic nitrogens is 3. The zero-order valence-electron chi connectivity index (χ0n) is 43.8. The van der Waals surface area contributed by atoms with Crippen molar-refractivity contribution < 1.29 is 33.4 Å². The van der Waals surface area contributed by atoms with Crippen LogP contribution in [0, 0.1) is 11.3 Å². The van der Waals surface area contributed by atoms with Crippen molar-refractivity contribution in [1.82, 2.24) is 50.3 Å². The summed E-state index contributed by atoms with van der Waals surface area (Å²) in [6, 6.07) is 12.2. The minimum Gasteiger partial charge on any atom is -0.464 e. The third kappa shape index (κ3) is 8.83. The summed E-state index contributed by atoms with van der Waals surface area (Å²) in [4.78, 5) is 77.0. The first kappa shape index (κ1) is 49.5. The van der Waals surface area contributed by atoms with E-state index in [0.717, 1.165) is 82.6 Å². The minimum absolute atomic E-state index is 0.0534. The average molecular weight is 1000 g/mol. The summed E-state index contributed by atoms with van der Waals surface area (Å²) in [6.07, 6.45) is 5.05. The first-order valence-corrected chi connectivity index (χ1v) is 26.7. The van der Waals surface area contributed by atoms with Crippen molar-refractivity contribution in [3.8, 4) is 22.5 Å². The Morgan fingerprint density at radius 1 is 1.03 bits per heavy atom. The highest BCUT2D eigenvalue weighted by molar-refractivity contribution is 5.97. The molecule has 2 aliphatic carbocycles. The van der Waals surface area contributed by atoms with Gasteiger partial charge < -0.3 is 39.2 Å². The van der Waals surface area contributed by atoms with Gasteiger partial charge in [0.15, 0.2) is 5.72 Å². The standard InChI is InChI=1S/C55H73N11O7/c1-9-64-43-18-15-34-24-38(43)44-45(49(71-8)46-39(48(44)64)26-37(27-57-46)63-22-20-62(21-23-63)36-16-17-36)54(5,6)31-72-52(69)41-14-11-19-66(60-41)51(68)42(25-35-12-10-13-40(34)58-35)59-50(67)47(32(2)3)61(7)53(70)65-28-33(4)73-55(65)29-56-30-55/h10,12-13,15,18,24,26-27,32-33,36,41-42,45,47,49,56,60H,9,11,14,16-17,19-23,25,28-31H2,1-8H3,(H,59,67)/t33-,41-,42-,45?,47-,49-/m0/s1. The first-order chi connectivity index (χ1) is 35.1. The Bertz CT molecular complexity index is 2800. The second kappa shape index (κ2) is 19.2. The SMILES string of the molecule is CCn1c2c3c4cc(ccc41)-c1cccc(n1)C[C@H](NC(=O)[C@H](C(C)C)N(C)C(=O)N1C[C@H](C)OC14CNC4)C(=O)N1CCC[C@H](N1)C(=O)OCC(C)(C)C3[C@H](OC)c1ncc(N3CCN(C4CC4)CC3)cc1-2. The van der Waals surface area contributed by atoms with Gasteiger partial charge in [-0.2, -0.15) is 0 Å². The van der Waals surface area contributed by atoms with Crippen LogP contribution in [0.4, 0.5) is 10.5 Å². The Labute approximate surface area is 428 Å². The number of carbonyl (C=O) groups is 4. The summed E-state index contributed by atoms with van der Waals surface area (Å²) in [6.45, 7) is 18.7. The van der Waals surface area contributed by atoms with Crippen LogP contribution in [0.25, 0.3) is 33.4 Å². The second-order valence-electron chi connectivity index (χ2n) is 22.6. The van der Waals surface area contributed by atoms with Crippen LogP contribution in [-0.4, -0.2) is 167 Å². The topological polar surface area (TPSA) is 179 Å². The van der Waals surface area contributed by atoms with Gasteiger partial charge in [0, 0.05) is 118 Å². The smallest absolute Gasteiger partial charge is 0.324 e. The van der Waals surface area contributed by atoms with Crippen molar-refractivity contribution in [2.24, 2.45) is 11.3 Å². The number of amides is 4. The molecule has 8 heterocycles. The lowest BCUT2D eigenvalue weighted by Crippen LogP contribution is -2.70. The number of hydrogen-bond donors (Lipinski definition) is 3. The number of benzene rings is 1. The van der Waals surface area contributed by atoms with Gasteiger partial charge in [-0.1, -0.05) is 39.8 Å². The molecule has 1 saturated carbocycles. The van der Waals surface area contributed by atoms with Gasteiger partial charge in [0.1, 0.15) is 24.2 Å². The lowest BCUT2D eigenvalue weighted by atomic mass is 9.67. The number of pyridine rings is 2. The molecule has 18 nitrogen and oxygen atoms in total. The maximum Gasteiger partial charge on any atom is 0.324 e. The van der Waals surface area contributed by atoms with E-state index in [1.165, 1.54) is 22.8 Å². The third-order valence-electron chi connectivity index (χ3n) is 16.8. The molecular weight excluding hydrogens is 927 g/mol. The number of esters is 1. The van der Waals surface area contributed by atoms with Crippen LogP contribution >= 0.6 is 0 Å². The molecule has 6 bridgehead atoms. The number of hydrazine groups is 1. The van der Waals surface area contributed by atoms with Crippen molar-refractivity contribution >= 4 is 40.4 Å². The summed E-state index contributed by atoms with van der Waals surface area (Å²) in [5.41, 5.74) is 10.3. The van der Waals surface area contributed by atoms with Crippen LogP contribution in [0.5, 0.6) is 0 Å². The van der Waals surface area contributed by atoms with E-state index in [9.17, 15) is 19.2 Å². The van der Waals surface area contributed by atoms with E-state index >= 15 is 0 Å². The van der Waals surface area contributed by atoms with E-state index in [2.05, 4.69) is 75.5 Å². The van der Waals surface area contributed by atoms with Crippen molar-refractivity contribution in [3.63, 3.8) is 0 Å². The van der Waals surface area contributed by atoms with Gasteiger partial charge in [0.25, 0.3) is 5.91 Å². The average Bonchev–Trinajstić information content (AvgIpc) is 4.09. The fraction of sp³-hybridized carbons (Fsp3) is 0.600. The molecule has 11 rings (SSSR count). The van der Waals surface area contributed by atoms with E-state index in [1.54, 1.807) is 19.1 Å². The molecule has 4 saturated heterocycles. The van der Waals surface area contributed by atoms with Gasteiger partial charge in [0.05, 0.1) is 48.2 Å². The Hall–Kier alpha value is -5.66. The number of cyclic esters (lactones) is 1. The summed E-state index contributed by atoms with van der Waals surface area (Å²) in [5.74, 6) is -1.94. The molecule has 5 fully saturated rings. The fourth-order valence-electron chi connectivity index (χ4n) is 12.8. The summed E-state index contributed by atoms with van der Waals surface area (Å²) >= 11 is 0. The number of aryl methyl sites for hydroxylation is 1. The van der Waals surface area contributed by atoms with Gasteiger partial charge >= 0.3 is 12.0 Å². The van der Waals surface area contributed by atoms with Gasteiger partial charge in [-0.05, 0) is 81.3 Å². The van der Waals surface area contributed by atoms with Crippen molar-refractivity contribution in [3.05, 3.63) is 65.6 Å². The molecule has 0 radical (unpaired) electrons. The molecule has 3 N–H and O–H groups in total. The summed E-state index contributed by atoms with van der Waals surface area (Å²) in [7, 11) is 3.39. The van der Waals surface area contributed by atoms with E-state index < -0.39 is 53.2 Å². The third-order valence-corrected chi connectivity index (χ3v) is 16.8. The second-order valence-corrected chi connectivity index (χ2v) is 22.6. The van der Waals surface area contributed by atoms with E-state index in [1.807, 2.05) is 45.2 Å². The molecule has 4 aromatic rings. The lowest BCUT2D eigenvalue weighted by Gasteiger charge is -2.46. The zero-order valence-corrected chi connectivity index (χ0v) is 43.8. The highest BCUT2D eigenvalue weighted by atomic mass is 16.6. The number of fused-ring (bicyclic) bond motifs is 8. The predicted octanol–water partition coefficient (Wildman–Crippen LogP) is 5.06. The van der Waals surface area contributed by atoms with Gasteiger partial charge in [-0.3, -0.25) is 39.2 Å². The molecule has 5 aliphatic heterocycles. The van der Waals surface area contributed by atoms with Crippen molar-refractivity contribution in [1.29, 1.82) is 0 Å². The normalized spacial score (nSPS) is 26.3. The molecule has 1 spiro atoms. The van der Waals surface area contributed by atoms with Crippen LogP contribution in [0.3, 0.4) is 0 Å². The number of ether oxygens (including phenoxy) is 3. The Morgan fingerprint density at radius 3 is 2.51 bits per heavy atom. The van der Waals surface area contributed by atoms with Crippen molar-refractivity contribution in [2.45, 2.75) is 128 Å². The van der Waals surface area contributed by atoms with E-state index in [-0.39, 0.29) is 37.0 Å². The lowest BCUT2D eigenvalue weighted by molar-refractivity contribution is -0.156. The van der Waals surface area contributed by atoms with Crippen LogP contribution in [-0.2, 0) is 41.6 Å². The van der Waals surface area contributed by atoms with E-state index in [4.69, 9.17) is 24.2 Å². The number of nitrogens with one attached hydrogen (secondary N) is 3. The molecule has 3 aromatic heterocycles. The molecule has 73 heavy (non-hydrogen) atoms. The number of methoxy groups -OCH3 is 1. The van der Waals surface area contributed by atoms with Crippen LogP contribution in [0.15, 0.2) is 48.7 Å². The Kier molecular flexibility index (Phi) is 13.1. The highest BCUT2D eigenvalue weighted by Gasteiger charge is 2.54. The molecule has 1 aromatic carbocycles. The fourth-order valence-corrected chi connectivity index (χ4v) is 12.8. The summed E-state index contributed by atoms with van der Waals surface area (Å²) in [5, 5.41) is 8.81. The minimum atomic E-state index is -1.10. The maximum atomic E-state index is 14.9. The predicted molar refractivity (Wildman–Crippen MR) is 276 cm³/mol. The monoisotopic (exact) mass is 1000 g/mol. The maximum absolute atomic E-state index is 14.9. The van der Waals surface area contributed by atoms with Crippen LogP contribution in [0.1, 0.15) is 96.2 Å². The van der Waals surface area contributed by atoms with Crippen LogP contribution in [0.2, 0.25) is 0 Å². The molecular formula is C55H73N11O7. The number of nitrogens with zero attached hydrogens (tertiary/aromatic N) is 8. The van der Waals surface area contributed by atoms with Gasteiger partial charge in [-0.25, -0.2) is 10.2 Å². The van der Waals surface area contributed by atoms with E-state index in [0.29, 0.717) is 51.3 Å². The largest absolute Gasteiger partial charge is 0.464 e. The first-order valence-electron chi connectivity index (χ1n) is 26.7. The molecule has 6 atom stereocenters. The molecule has 4 amide bonds. The molecule has 18 heteroatoms. The number of piperazine rings is 1. The number of hydrogen-bond acceptors (Lipinski definition) is 13. The number of anilines is 1. The van der Waals surface area contributed by atoms with Crippen LogP contribution < -0.4 is 21.0 Å². The summed E-state index contributed by atoms with van der Waals surface area (Å²) < 4.78 is 21.5. The number of rotatable bonds is 8.